The van der Waals surface area contributed by atoms with Crippen LogP contribution in [0, 0.1) is 0 Å². The van der Waals surface area contributed by atoms with Gasteiger partial charge in [-0.3, -0.25) is 13.7 Å². The Kier molecular flexibility index (Phi) is 15.9. The van der Waals surface area contributed by atoms with E-state index >= 15 is 0 Å². The molecule has 0 amide bonds. The third-order valence-electron chi connectivity index (χ3n) is 0. The van der Waals surface area contributed by atoms with Crippen molar-refractivity contribution in [2.24, 2.45) is 0 Å². The molecule has 16 heavy (non-hydrogen) atoms. The van der Waals surface area contributed by atoms with Crippen LogP contribution in [0.2, 0.25) is 0 Å². The summed E-state index contributed by atoms with van der Waals surface area (Å²) in [6.45, 7) is 0. The van der Waals surface area contributed by atoms with Crippen molar-refractivity contribution in [1.82, 2.24) is 0 Å². The van der Waals surface area contributed by atoms with Crippen molar-refractivity contribution in [2.45, 2.75) is 0 Å². The van der Waals surface area contributed by atoms with Gasteiger partial charge in [-0.05, 0) is 0 Å². The van der Waals surface area contributed by atoms with E-state index in [1.165, 1.54) is 0 Å². The van der Waals surface area contributed by atoms with E-state index in [0.717, 1.165) is 0 Å². The fourth-order valence-corrected chi connectivity index (χ4v) is 0. The molecule has 12 nitrogen and oxygen atoms in total. The Morgan fingerprint density at radius 3 is 0.562 bits per heavy atom. The Morgan fingerprint density at radius 2 is 0.562 bits per heavy atom. The van der Waals surface area contributed by atoms with Crippen LogP contribution in [0.1, 0.15) is 0 Å². The second kappa shape index (κ2) is 9.90. The van der Waals surface area contributed by atoms with Crippen LogP contribution in [0.4, 0.5) is 0 Å². The molecule has 0 bridgehead atoms. The van der Waals surface area contributed by atoms with E-state index in [1.807, 2.05) is 0 Å². The van der Waals surface area contributed by atoms with Gasteiger partial charge in [-0.1, -0.05) is 0 Å². The van der Waals surface area contributed by atoms with Crippen molar-refractivity contribution in [1.29, 1.82) is 0 Å². The van der Waals surface area contributed by atoms with E-state index in [4.69, 9.17) is 57.7 Å². The predicted molar refractivity (Wildman–Crippen MR) is 36.1 cm³/mol. The van der Waals surface area contributed by atoms with E-state index in [-0.39, 0.29) is 18.6 Å². The largest absolute Gasteiger partial charge is 0.756 e. The van der Waals surface area contributed by atoms with Crippen molar-refractivity contribution >= 4 is 23.5 Å². The van der Waals surface area contributed by atoms with E-state index in [9.17, 15) is 0 Å². The number of hydrogen-bond donors (Lipinski definition) is 6. The number of hydrogen-bond acceptors (Lipinski definition) is 6. The van der Waals surface area contributed by atoms with Gasteiger partial charge in [0.05, 0.1) is 0 Å². The van der Waals surface area contributed by atoms with Gasteiger partial charge in [0.1, 0.15) is 0 Å². The average Bonchev–Trinajstić information content (AvgIpc) is 1.41. The smallest absolute Gasteiger partial charge is 0.262 e. The topological polar surface area (TPSA) is 242 Å². The minimum Gasteiger partial charge on any atom is -0.756 e. The maximum atomic E-state index is 8.77. The number of rotatable bonds is 0. The molecule has 0 fully saturated rings. The van der Waals surface area contributed by atoms with E-state index < -0.39 is 23.5 Å². The third-order valence-corrected chi connectivity index (χ3v) is 0. The molecule has 0 spiro atoms. The van der Waals surface area contributed by atoms with Crippen LogP contribution in [-0.4, -0.2) is 29.4 Å². The Hall–Kier alpha value is 0.914. The molecule has 6 N–H and O–H groups in total. The van der Waals surface area contributed by atoms with Gasteiger partial charge >= 0.3 is 0 Å². The van der Waals surface area contributed by atoms with Gasteiger partial charge in [-0.15, -0.1) is 0 Å². The van der Waals surface area contributed by atoms with E-state index in [0.29, 0.717) is 0 Å². The quantitative estimate of drug-likeness (QED) is 0.227. The molecule has 0 aliphatic rings. The summed E-state index contributed by atoms with van der Waals surface area (Å²) in [4.78, 5) is 68.8. The third kappa shape index (κ3) is 3450. The molecule has 0 aromatic carbocycles. The molecular formula is H6O12P3V-3. The van der Waals surface area contributed by atoms with Crippen LogP contribution in [0.5, 0.6) is 0 Å². The zero-order chi connectivity index (χ0) is 13.5. The van der Waals surface area contributed by atoms with Crippen molar-refractivity contribution in [2.75, 3.05) is 0 Å². The van der Waals surface area contributed by atoms with Gasteiger partial charge in [0.15, 0.2) is 0 Å². The zero-order valence-electron chi connectivity index (χ0n) is 6.92. The standard InChI is InChI=1S/3H3O4P.V/c3*1-5(2,3)4;/h3*(H3,1,2,3,4);/p-3. The molecule has 0 saturated heterocycles. The second-order valence-corrected chi connectivity index (χ2v) is 4.42. The minimum absolute atomic E-state index is 0. The van der Waals surface area contributed by atoms with E-state index in [1.54, 1.807) is 0 Å². The molecule has 16 heteroatoms. The van der Waals surface area contributed by atoms with Crippen molar-refractivity contribution in [3.05, 3.63) is 0 Å². The molecule has 101 valence electrons. The fraction of sp³-hybridized carbons (Fsp3) is 0. The molecule has 0 aliphatic heterocycles. The molecule has 0 aromatic heterocycles. The summed E-state index contributed by atoms with van der Waals surface area (Å²) in [6, 6.07) is 0. The maximum Gasteiger partial charge on any atom is 0.262 e. The first-order valence-corrected chi connectivity index (χ1v) is 6.89. The van der Waals surface area contributed by atoms with Crippen LogP contribution in [-0.2, 0) is 32.3 Å². The van der Waals surface area contributed by atoms with Gasteiger partial charge in [0, 0.05) is 18.6 Å². The molecule has 1 radical (unpaired) electrons. The van der Waals surface area contributed by atoms with Crippen molar-refractivity contribution in [3.63, 3.8) is 0 Å². The van der Waals surface area contributed by atoms with Gasteiger partial charge in [0.2, 0.25) is 0 Å². The molecule has 0 unspecified atom stereocenters. The summed E-state index contributed by atoms with van der Waals surface area (Å²) < 4.78 is 26.3. The predicted octanol–water partition coefficient (Wildman–Crippen LogP) is -4.68. The first-order chi connectivity index (χ1) is 6.00. The molecule has 0 aliphatic carbocycles. The monoisotopic (exact) mass is 342 g/mol. The normalized spacial score (nSPS) is 11.1. The van der Waals surface area contributed by atoms with Crippen molar-refractivity contribution in [3.8, 4) is 0 Å². The van der Waals surface area contributed by atoms with Crippen LogP contribution in [0.15, 0.2) is 0 Å². The summed E-state index contributed by atoms with van der Waals surface area (Å²) in [7, 11) is -14.7. The van der Waals surface area contributed by atoms with Gasteiger partial charge in [0.25, 0.3) is 23.5 Å². The Morgan fingerprint density at radius 1 is 0.562 bits per heavy atom. The Balaban J connectivity index is -0.0000000655. The molecule has 0 heterocycles. The van der Waals surface area contributed by atoms with Gasteiger partial charge in [-0.25, -0.2) is 0 Å². The fourth-order valence-electron chi connectivity index (χ4n) is 0. The number of phosphoric acid groups is 3. The average molecular weight is 342 g/mol. The maximum absolute atomic E-state index is 8.77. The van der Waals surface area contributed by atoms with Crippen LogP contribution < -0.4 is 14.7 Å². The molecule has 0 atom stereocenters. The summed E-state index contributed by atoms with van der Waals surface area (Å²) in [5, 5.41) is 0. The summed E-state index contributed by atoms with van der Waals surface area (Å²) in [6.07, 6.45) is 0. The zero-order valence-corrected chi connectivity index (χ0v) is 11.0. The first-order valence-electron chi connectivity index (χ1n) is 2.30. The first kappa shape index (κ1) is 25.7. The molecule has 0 saturated carbocycles. The second-order valence-electron chi connectivity index (χ2n) is 1.47. The minimum atomic E-state index is -4.89. The van der Waals surface area contributed by atoms with E-state index in [2.05, 4.69) is 0 Å². The Bertz CT molecular complexity index is 202. The molecule has 0 aromatic rings. The van der Waals surface area contributed by atoms with Crippen LogP contribution in [0.3, 0.4) is 0 Å². The van der Waals surface area contributed by atoms with Crippen LogP contribution in [0.25, 0.3) is 0 Å². The van der Waals surface area contributed by atoms with Gasteiger partial charge in [-0.2, -0.15) is 0 Å². The molecular weight excluding hydrogens is 336 g/mol. The van der Waals surface area contributed by atoms with Gasteiger partial charge < -0.3 is 44.0 Å². The van der Waals surface area contributed by atoms with Crippen LogP contribution >= 0.6 is 23.5 Å². The summed E-state index contributed by atoms with van der Waals surface area (Å²) in [5.41, 5.74) is 0. The van der Waals surface area contributed by atoms with Crippen molar-refractivity contribution < 1.29 is 76.3 Å². The Labute approximate surface area is 100 Å². The SMILES string of the molecule is O=P([O-])(O)O.O=P([O-])(O)O.O=P([O-])(O)O.[V]. The summed E-state index contributed by atoms with van der Waals surface area (Å²) >= 11 is 0. The molecule has 0 rings (SSSR count). The summed E-state index contributed by atoms with van der Waals surface area (Å²) in [5.74, 6) is 0.